The zero-order chi connectivity index (χ0) is 12.3. The molecule has 2 rings (SSSR count). The highest BCUT2D eigenvalue weighted by molar-refractivity contribution is 5.81. The van der Waals surface area contributed by atoms with Crippen molar-refractivity contribution < 1.29 is 4.79 Å². The molecule has 4 heteroatoms. The summed E-state index contributed by atoms with van der Waals surface area (Å²) in [5.74, 6) is 0.275. The maximum Gasteiger partial charge on any atom is 0.239 e. The van der Waals surface area contributed by atoms with E-state index in [0.29, 0.717) is 12.1 Å². The lowest BCUT2D eigenvalue weighted by molar-refractivity contribution is -0.132. The minimum Gasteiger partial charge on any atom is -0.341 e. The van der Waals surface area contributed by atoms with Crippen LogP contribution in [0.25, 0.3) is 0 Å². The second-order valence-corrected chi connectivity index (χ2v) is 5.53. The van der Waals surface area contributed by atoms with Gasteiger partial charge in [-0.25, -0.2) is 0 Å². The van der Waals surface area contributed by atoms with Crippen LogP contribution in [0.2, 0.25) is 0 Å². The molecule has 1 atom stereocenters. The smallest absolute Gasteiger partial charge is 0.239 e. The Morgan fingerprint density at radius 1 is 1.24 bits per heavy atom. The number of rotatable bonds is 3. The quantitative estimate of drug-likeness (QED) is 0.768. The standard InChI is InChI=1S/C13H25N3O/c1-10(13(17)16-8-2-3-9-16)15-12-6-4-11(14)5-7-12/h10-12,15H,2-9,14H2,1H3. The first-order chi connectivity index (χ1) is 8.16. The van der Waals surface area contributed by atoms with E-state index in [1.165, 1.54) is 0 Å². The van der Waals surface area contributed by atoms with Crippen LogP contribution in [0, 0.1) is 0 Å². The van der Waals surface area contributed by atoms with Gasteiger partial charge in [-0.05, 0) is 45.4 Å². The Morgan fingerprint density at radius 2 is 1.82 bits per heavy atom. The molecule has 0 bridgehead atoms. The van der Waals surface area contributed by atoms with Gasteiger partial charge in [-0.3, -0.25) is 4.79 Å². The van der Waals surface area contributed by atoms with Crippen molar-refractivity contribution in [2.24, 2.45) is 5.73 Å². The molecular weight excluding hydrogens is 214 g/mol. The molecule has 1 heterocycles. The van der Waals surface area contributed by atoms with Crippen molar-refractivity contribution in [2.45, 2.75) is 63.6 Å². The van der Waals surface area contributed by atoms with Crippen molar-refractivity contribution >= 4 is 5.91 Å². The van der Waals surface area contributed by atoms with Crippen LogP contribution in [0.3, 0.4) is 0 Å². The molecule has 1 aliphatic carbocycles. The second kappa shape index (κ2) is 5.83. The summed E-state index contributed by atoms with van der Waals surface area (Å²) in [4.78, 5) is 14.1. The highest BCUT2D eigenvalue weighted by atomic mass is 16.2. The predicted octanol–water partition coefficient (Wildman–Crippen LogP) is 0.857. The first-order valence-corrected chi connectivity index (χ1v) is 6.97. The third kappa shape index (κ3) is 3.42. The van der Waals surface area contributed by atoms with E-state index >= 15 is 0 Å². The van der Waals surface area contributed by atoms with Crippen LogP contribution in [-0.4, -0.2) is 42.0 Å². The Balaban J connectivity index is 1.76. The molecule has 1 unspecified atom stereocenters. The number of amides is 1. The van der Waals surface area contributed by atoms with Crippen molar-refractivity contribution in [3.05, 3.63) is 0 Å². The van der Waals surface area contributed by atoms with Gasteiger partial charge in [0.25, 0.3) is 0 Å². The molecule has 0 spiro atoms. The third-order valence-electron chi connectivity index (χ3n) is 4.05. The van der Waals surface area contributed by atoms with E-state index in [4.69, 9.17) is 5.73 Å². The molecule has 0 radical (unpaired) electrons. The van der Waals surface area contributed by atoms with Crippen LogP contribution in [0.5, 0.6) is 0 Å². The predicted molar refractivity (Wildman–Crippen MR) is 68.6 cm³/mol. The summed E-state index contributed by atoms with van der Waals surface area (Å²) < 4.78 is 0. The van der Waals surface area contributed by atoms with Crippen LogP contribution in [0.15, 0.2) is 0 Å². The number of likely N-dealkylation sites (tertiary alicyclic amines) is 1. The van der Waals surface area contributed by atoms with Gasteiger partial charge in [0.15, 0.2) is 0 Å². The van der Waals surface area contributed by atoms with E-state index in [0.717, 1.165) is 51.6 Å². The molecule has 1 saturated carbocycles. The van der Waals surface area contributed by atoms with Crippen LogP contribution in [0.1, 0.15) is 45.4 Å². The van der Waals surface area contributed by atoms with E-state index in [1.54, 1.807) is 0 Å². The molecule has 2 aliphatic rings. The number of hydrogen-bond acceptors (Lipinski definition) is 3. The molecular formula is C13H25N3O. The first-order valence-electron chi connectivity index (χ1n) is 6.97. The van der Waals surface area contributed by atoms with E-state index in [1.807, 2.05) is 11.8 Å². The number of hydrogen-bond donors (Lipinski definition) is 2. The SMILES string of the molecule is CC(NC1CCC(N)CC1)C(=O)N1CCCC1. The Bertz CT molecular complexity index is 255. The number of nitrogens with zero attached hydrogens (tertiary/aromatic N) is 1. The fourth-order valence-corrected chi connectivity index (χ4v) is 2.92. The van der Waals surface area contributed by atoms with Gasteiger partial charge >= 0.3 is 0 Å². The largest absolute Gasteiger partial charge is 0.341 e. The van der Waals surface area contributed by atoms with Gasteiger partial charge in [0, 0.05) is 25.2 Å². The summed E-state index contributed by atoms with van der Waals surface area (Å²) >= 11 is 0. The molecule has 0 aromatic carbocycles. The van der Waals surface area contributed by atoms with Gasteiger partial charge < -0.3 is 16.0 Å². The van der Waals surface area contributed by atoms with Gasteiger partial charge in [0.2, 0.25) is 5.91 Å². The van der Waals surface area contributed by atoms with Gasteiger partial charge in [0.1, 0.15) is 0 Å². The van der Waals surface area contributed by atoms with E-state index in [9.17, 15) is 4.79 Å². The fourth-order valence-electron chi connectivity index (χ4n) is 2.92. The summed E-state index contributed by atoms with van der Waals surface area (Å²) in [5, 5.41) is 3.47. The highest BCUT2D eigenvalue weighted by Gasteiger charge is 2.26. The molecule has 3 N–H and O–H groups in total. The molecule has 1 amide bonds. The third-order valence-corrected chi connectivity index (χ3v) is 4.05. The maximum atomic E-state index is 12.1. The molecule has 0 aromatic rings. The van der Waals surface area contributed by atoms with Gasteiger partial charge in [-0.15, -0.1) is 0 Å². The van der Waals surface area contributed by atoms with Crippen LogP contribution in [-0.2, 0) is 4.79 Å². The van der Waals surface area contributed by atoms with Crippen molar-refractivity contribution in [3.8, 4) is 0 Å². The highest BCUT2D eigenvalue weighted by Crippen LogP contribution is 2.18. The van der Waals surface area contributed by atoms with E-state index in [2.05, 4.69) is 5.32 Å². The number of nitrogens with one attached hydrogen (secondary N) is 1. The Kier molecular flexibility index (Phi) is 4.40. The molecule has 2 fully saturated rings. The molecule has 98 valence electrons. The summed E-state index contributed by atoms with van der Waals surface area (Å²) in [7, 11) is 0. The summed E-state index contributed by atoms with van der Waals surface area (Å²) in [6, 6.07) is 0.821. The average Bonchev–Trinajstić information content (AvgIpc) is 2.84. The molecule has 17 heavy (non-hydrogen) atoms. The minimum absolute atomic E-state index is 0.0348. The fraction of sp³-hybridized carbons (Fsp3) is 0.923. The van der Waals surface area contributed by atoms with Crippen LogP contribution < -0.4 is 11.1 Å². The number of nitrogens with two attached hydrogens (primary N) is 1. The maximum absolute atomic E-state index is 12.1. The van der Waals surface area contributed by atoms with Crippen LogP contribution in [0.4, 0.5) is 0 Å². The molecule has 4 nitrogen and oxygen atoms in total. The molecule has 1 saturated heterocycles. The Morgan fingerprint density at radius 3 is 2.41 bits per heavy atom. The molecule has 1 aliphatic heterocycles. The van der Waals surface area contributed by atoms with Gasteiger partial charge in [-0.1, -0.05) is 0 Å². The summed E-state index contributed by atoms with van der Waals surface area (Å²) in [5.41, 5.74) is 5.88. The van der Waals surface area contributed by atoms with E-state index in [-0.39, 0.29) is 11.9 Å². The number of carbonyl (C=O) groups is 1. The summed E-state index contributed by atoms with van der Waals surface area (Å²) in [6.07, 6.45) is 6.72. The van der Waals surface area contributed by atoms with Gasteiger partial charge in [0.05, 0.1) is 6.04 Å². The lowest BCUT2D eigenvalue weighted by Crippen LogP contribution is -2.49. The zero-order valence-corrected chi connectivity index (χ0v) is 10.8. The summed E-state index contributed by atoms with van der Waals surface area (Å²) in [6.45, 7) is 3.88. The van der Waals surface area contributed by atoms with Crippen molar-refractivity contribution in [1.82, 2.24) is 10.2 Å². The molecule has 0 aromatic heterocycles. The van der Waals surface area contributed by atoms with E-state index < -0.39 is 0 Å². The average molecular weight is 239 g/mol. The Labute approximate surface area is 104 Å². The van der Waals surface area contributed by atoms with Crippen molar-refractivity contribution in [1.29, 1.82) is 0 Å². The normalized spacial score (nSPS) is 31.5. The van der Waals surface area contributed by atoms with Crippen molar-refractivity contribution in [2.75, 3.05) is 13.1 Å². The van der Waals surface area contributed by atoms with Crippen LogP contribution >= 0.6 is 0 Å². The first kappa shape index (κ1) is 12.8. The lowest BCUT2D eigenvalue weighted by Gasteiger charge is -2.30. The topological polar surface area (TPSA) is 58.4 Å². The van der Waals surface area contributed by atoms with Crippen molar-refractivity contribution in [3.63, 3.8) is 0 Å². The number of carbonyl (C=O) groups excluding carboxylic acids is 1. The minimum atomic E-state index is -0.0348. The Hall–Kier alpha value is -0.610. The zero-order valence-electron chi connectivity index (χ0n) is 10.8. The second-order valence-electron chi connectivity index (χ2n) is 5.53. The lowest BCUT2D eigenvalue weighted by atomic mass is 9.91. The monoisotopic (exact) mass is 239 g/mol. The van der Waals surface area contributed by atoms with Gasteiger partial charge in [-0.2, -0.15) is 0 Å².